The molecule has 1 aliphatic carbocycles. The summed E-state index contributed by atoms with van der Waals surface area (Å²) in [6.45, 7) is 1.63. The number of rotatable bonds is 3. The average Bonchev–Trinajstić information content (AvgIpc) is 3.30. The van der Waals surface area contributed by atoms with Crippen LogP contribution in [0.25, 0.3) is 0 Å². The van der Waals surface area contributed by atoms with Crippen molar-refractivity contribution in [2.45, 2.75) is 44.3 Å². The predicted molar refractivity (Wildman–Crippen MR) is 93.0 cm³/mol. The first-order chi connectivity index (χ1) is 11.7. The van der Waals surface area contributed by atoms with Crippen LogP contribution in [0.2, 0.25) is 5.02 Å². The molecule has 2 aliphatic rings. The number of fused-ring (bicyclic) bond motifs is 1. The van der Waals surface area contributed by atoms with Gasteiger partial charge >= 0.3 is 6.03 Å². The zero-order valence-electron chi connectivity index (χ0n) is 13.5. The molecule has 2 unspecified atom stereocenters. The van der Waals surface area contributed by atoms with Gasteiger partial charge in [0.15, 0.2) is 0 Å². The highest BCUT2D eigenvalue weighted by molar-refractivity contribution is 6.31. The number of hydrogen-bond acceptors (Lipinski definition) is 2. The first-order valence-corrected chi connectivity index (χ1v) is 8.90. The maximum Gasteiger partial charge on any atom is 0.318 e. The van der Waals surface area contributed by atoms with E-state index in [4.69, 9.17) is 11.6 Å². The third-order valence-electron chi connectivity index (χ3n) is 5.13. The molecule has 0 saturated carbocycles. The van der Waals surface area contributed by atoms with Crippen molar-refractivity contribution in [2.75, 3.05) is 6.54 Å². The Morgan fingerprint density at radius 3 is 3.12 bits per heavy atom. The van der Waals surface area contributed by atoms with Crippen molar-refractivity contribution >= 4 is 17.6 Å². The molecule has 0 spiro atoms. The van der Waals surface area contributed by atoms with Gasteiger partial charge in [-0.05, 0) is 42.9 Å². The molecule has 5 nitrogen and oxygen atoms in total. The summed E-state index contributed by atoms with van der Waals surface area (Å²) in [5.74, 6) is 0. The molecule has 24 heavy (non-hydrogen) atoms. The molecular weight excluding hydrogens is 324 g/mol. The van der Waals surface area contributed by atoms with Crippen LogP contribution < -0.4 is 5.32 Å². The van der Waals surface area contributed by atoms with E-state index in [1.807, 2.05) is 34.1 Å². The number of benzene rings is 1. The van der Waals surface area contributed by atoms with Crippen molar-refractivity contribution in [3.8, 4) is 0 Å². The molecular formula is C18H21ClN4O. The predicted octanol–water partition coefficient (Wildman–Crippen LogP) is 3.40. The number of halogens is 1. The average molecular weight is 345 g/mol. The Morgan fingerprint density at radius 1 is 1.38 bits per heavy atom. The van der Waals surface area contributed by atoms with Crippen molar-refractivity contribution in [3.63, 3.8) is 0 Å². The molecule has 126 valence electrons. The molecule has 1 saturated heterocycles. The third-order valence-corrected chi connectivity index (χ3v) is 5.48. The smallest absolute Gasteiger partial charge is 0.318 e. The number of hydrogen-bond donors (Lipinski definition) is 1. The Morgan fingerprint density at radius 2 is 2.29 bits per heavy atom. The van der Waals surface area contributed by atoms with Gasteiger partial charge in [-0.1, -0.05) is 23.7 Å². The molecule has 2 atom stereocenters. The lowest BCUT2D eigenvalue weighted by atomic mass is 10.1. The first-order valence-electron chi connectivity index (χ1n) is 8.52. The highest BCUT2D eigenvalue weighted by Crippen LogP contribution is 2.35. The minimum absolute atomic E-state index is 0.0374. The zero-order valence-corrected chi connectivity index (χ0v) is 14.2. The molecule has 1 aliphatic heterocycles. The number of aromatic nitrogens is 2. The largest absolute Gasteiger partial charge is 0.335 e. The van der Waals surface area contributed by atoms with Crippen LogP contribution in [0.4, 0.5) is 4.79 Å². The van der Waals surface area contributed by atoms with Gasteiger partial charge in [-0.15, -0.1) is 0 Å². The summed E-state index contributed by atoms with van der Waals surface area (Å²) in [4.78, 5) is 18.8. The van der Waals surface area contributed by atoms with E-state index >= 15 is 0 Å². The summed E-state index contributed by atoms with van der Waals surface area (Å²) in [6.07, 6.45) is 9.48. The molecule has 1 fully saturated rings. The highest BCUT2D eigenvalue weighted by atomic mass is 35.5. The van der Waals surface area contributed by atoms with E-state index in [2.05, 4.69) is 16.4 Å². The summed E-state index contributed by atoms with van der Waals surface area (Å²) >= 11 is 6.27. The van der Waals surface area contributed by atoms with E-state index in [-0.39, 0.29) is 18.1 Å². The lowest BCUT2D eigenvalue weighted by Crippen LogP contribution is -2.45. The van der Waals surface area contributed by atoms with E-state index in [1.165, 1.54) is 11.1 Å². The number of nitrogens with one attached hydrogen (secondary N) is 1. The molecule has 2 amide bonds. The van der Waals surface area contributed by atoms with Crippen LogP contribution in [0, 0.1) is 0 Å². The van der Waals surface area contributed by atoms with Gasteiger partial charge in [0, 0.05) is 30.5 Å². The number of urea groups is 1. The monoisotopic (exact) mass is 344 g/mol. The number of nitrogens with zero attached hydrogens (tertiary/aromatic N) is 3. The van der Waals surface area contributed by atoms with E-state index in [0.29, 0.717) is 0 Å². The van der Waals surface area contributed by atoms with Gasteiger partial charge in [0.05, 0.1) is 18.4 Å². The van der Waals surface area contributed by atoms with Gasteiger partial charge in [-0.3, -0.25) is 0 Å². The molecule has 1 aromatic carbocycles. The molecule has 6 heteroatoms. The molecule has 4 rings (SSSR count). The summed E-state index contributed by atoms with van der Waals surface area (Å²) in [5.41, 5.74) is 2.35. The van der Waals surface area contributed by atoms with Gasteiger partial charge in [0.25, 0.3) is 0 Å². The molecule has 2 heterocycles. The van der Waals surface area contributed by atoms with Crippen LogP contribution in [0.1, 0.15) is 36.4 Å². The summed E-state index contributed by atoms with van der Waals surface area (Å²) in [7, 11) is 0. The second-order valence-electron chi connectivity index (χ2n) is 6.60. The number of carbonyl (C=O) groups is 1. The SMILES string of the molecule is O=C(NC1CCc2c(Cl)cccc21)N1CCCC1Cn1ccnc1. The first kappa shape index (κ1) is 15.5. The normalized spacial score (nSPS) is 22.6. The van der Waals surface area contributed by atoms with Gasteiger partial charge in [-0.2, -0.15) is 0 Å². The third kappa shape index (κ3) is 2.88. The van der Waals surface area contributed by atoms with Crippen LogP contribution in [-0.2, 0) is 13.0 Å². The Bertz CT molecular complexity index is 731. The van der Waals surface area contributed by atoms with Crippen molar-refractivity contribution < 1.29 is 4.79 Å². The molecule has 2 aromatic rings. The molecule has 1 N–H and O–H groups in total. The highest BCUT2D eigenvalue weighted by Gasteiger charge is 2.32. The zero-order chi connectivity index (χ0) is 16.5. The molecule has 0 bridgehead atoms. The Kier molecular flexibility index (Phi) is 4.19. The van der Waals surface area contributed by atoms with E-state index in [9.17, 15) is 4.79 Å². The standard InChI is InChI=1S/C18H21ClN4O/c19-16-5-1-4-15-14(16)6-7-17(15)21-18(24)23-9-2-3-13(23)11-22-10-8-20-12-22/h1,4-5,8,10,12-13,17H,2-3,6-7,9,11H2,(H,21,24). The fourth-order valence-corrected chi connectivity index (χ4v) is 4.20. The van der Waals surface area contributed by atoms with Crippen LogP contribution in [0.3, 0.4) is 0 Å². The topological polar surface area (TPSA) is 50.2 Å². The maximum atomic E-state index is 12.8. The summed E-state index contributed by atoms with van der Waals surface area (Å²) < 4.78 is 2.04. The Hall–Kier alpha value is -2.01. The second-order valence-corrected chi connectivity index (χ2v) is 7.00. The molecule has 0 radical (unpaired) electrons. The lowest BCUT2D eigenvalue weighted by molar-refractivity contribution is 0.183. The second kappa shape index (κ2) is 6.48. The maximum absolute atomic E-state index is 12.8. The van der Waals surface area contributed by atoms with Gasteiger partial charge in [0.2, 0.25) is 0 Å². The van der Waals surface area contributed by atoms with E-state index < -0.39 is 0 Å². The van der Waals surface area contributed by atoms with Crippen molar-refractivity contribution in [1.82, 2.24) is 19.8 Å². The van der Waals surface area contributed by atoms with Crippen LogP contribution in [0.5, 0.6) is 0 Å². The van der Waals surface area contributed by atoms with Crippen LogP contribution >= 0.6 is 11.6 Å². The minimum atomic E-state index is 0.0374. The number of imidazole rings is 1. The van der Waals surface area contributed by atoms with E-state index in [0.717, 1.165) is 43.8 Å². The van der Waals surface area contributed by atoms with Crippen LogP contribution in [-0.4, -0.2) is 33.1 Å². The number of likely N-dealkylation sites (tertiary alicyclic amines) is 1. The summed E-state index contributed by atoms with van der Waals surface area (Å²) in [5, 5.41) is 4.03. The number of carbonyl (C=O) groups excluding carboxylic acids is 1. The number of amides is 2. The van der Waals surface area contributed by atoms with E-state index in [1.54, 1.807) is 6.20 Å². The van der Waals surface area contributed by atoms with Gasteiger partial charge in [-0.25, -0.2) is 9.78 Å². The molecule has 1 aromatic heterocycles. The van der Waals surface area contributed by atoms with Crippen LogP contribution in [0.15, 0.2) is 36.9 Å². The Labute approximate surface area is 146 Å². The fourth-order valence-electron chi connectivity index (χ4n) is 3.92. The lowest BCUT2D eigenvalue weighted by Gasteiger charge is -2.27. The van der Waals surface area contributed by atoms with Gasteiger partial charge < -0.3 is 14.8 Å². The van der Waals surface area contributed by atoms with Crippen molar-refractivity contribution in [3.05, 3.63) is 53.1 Å². The van der Waals surface area contributed by atoms with Crippen molar-refractivity contribution in [2.24, 2.45) is 0 Å². The minimum Gasteiger partial charge on any atom is -0.335 e. The summed E-state index contributed by atoms with van der Waals surface area (Å²) in [6, 6.07) is 6.30. The Balaban J connectivity index is 1.44. The van der Waals surface area contributed by atoms with Gasteiger partial charge in [0.1, 0.15) is 0 Å². The fraction of sp³-hybridized carbons (Fsp3) is 0.444. The quantitative estimate of drug-likeness (QED) is 0.927. The van der Waals surface area contributed by atoms with Crippen molar-refractivity contribution in [1.29, 1.82) is 0 Å².